The Labute approximate surface area is 189 Å². The number of hydrogen-bond donors (Lipinski definition) is 1. The SMILES string of the molecule is CSc1nc2n(n1)[C@H](c1ccccc1F)C1=C(N2)c2ccccc2O[C@H]1c1ccccc1. The number of thioether (sulfide) groups is 1. The first-order valence-electron chi connectivity index (χ1n) is 10.3. The zero-order valence-electron chi connectivity index (χ0n) is 17.2. The van der Waals surface area contributed by atoms with E-state index in [1.54, 1.807) is 10.7 Å². The van der Waals surface area contributed by atoms with Gasteiger partial charge >= 0.3 is 0 Å². The first-order valence-corrected chi connectivity index (χ1v) is 11.5. The molecule has 2 aliphatic rings. The highest BCUT2D eigenvalue weighted by Crippen LogP contribution is 2.51. The Balaban J connectivity index is 1.66. The number of halogens is 1. The number of fused-ring (bicyclic) bond motifs is 3. The van der Waals surface area contributed by atoms with E-state index in [-0.39, 0.29) is 5.82 Å². The van der Waals surface area contributed by atoms with E-state index in [1.165, 1.54) is 17.8 Å². The van der Waals surface area contributed by atoms with Gasteiger partial charge < -0.3 is 10.1 Å². The first-order chi connectivity index (χ1) is 15.7. The van der Waals surface area contributed by atoms with Crippen molar-refractivity contribution in [3.8, 4) is 5.75 Å². The van der Waals surface area contributed by atoms with Crippen molar-refractivity contribution >= 4 is 23.4 Å². The summed E-state index contributed by atoms with van der Waals surface area (Å²) in [6.07, 6.45) is 1.52. The highest BCUT2D eigenvalue weighted by molar-refractivity contribution is 7.98. The number of benzene rings is 3. The molecule has 0 aliphatic carbocycles. The summed E-state index contributed by atoms with van der Waals surface area (Å²) in [4.78, 5) is 4.64. The summed E-state index contributed by atoms with van der Waals surface area (Å²) in [6.45, 7) is 0. The highest BCUT2D eigenvalue weighted by Gasteiger charge is 2.42. The van der Waals surface area contributed by atoms with Gasteiger partial charge in [-0.25, -0.2) is 9.07 Å². The van der Waals surface area contributed by atoms with Gasteiger partial charge in [-0.3, -0.25) is 0 Å². The largest absolute Gasteiger partial charge is 0.480 e. The van der Waals surface area contributed by atoms with Crippen LogP contribution < -0.4 is 10.1 Å². The maximum Gasteiger partial charge on any atom is 0.227 e. The van der Waals surface area contributed by atoms with Crippen molar-refractivity contribution in [2.45, 2.75) is 17.3 Å². The molecule has 0 fully saturated rings. The lowest BCUT2D eigenvalue weighted by molar-refractivity contribution is 0.222. The minimum Gasteiger partial charge on any atom is -0.480 e. The molecule has 1 N–H and O–H groups in total. The number of para-hydroxylation sites is 1. The van der Waals surface area contributed by atoms with Gasteiger partial charge in [-0.15, -0.1) is 5.10 Å². The highest BCUT2D eigenvalue weighted by atomic mass is 32.2. The van der Waals surface area contributed by atoms with E-state index in [2.05, 4.69) is 10.3 Å². The van der Waals surface area contributed by atoms with Crippen LogP contribution in [-0.2, 0) is 0 Å². The monoisotopic (exact) mass is 442 g/mol. The van der Waals surface area contributed by atoms with Crippen LogP contribution in [-0.4, -0.2) is 21.0 Å². The molecule has 0 saturated heterocycles. The average Bonchev–Trinajstić information content (AvgIpc) is 3.26. The minimum absolute atomic E-state index is 0.288. The fraction of sp³-hybridized carbons (Fsp3) is 0.120. The molecule has 32 heavy (non-hydrogen) atoms. The van der Waals surface area contributed by atoms with Crippen molar-refractivity contribution in [3.05, 3.63) is 107 Å². The lowest BCUT2D eigenvalue weighted by Crippen LogP contribution is -2.32. The number of hydrogen-bond acceptors (Lipinski definition) is 5. The van der Waals surface area contributed by atoms with Crippen LogP contribution in [0.4, 0.5) is 10.3 Å². The Hall–Kier alpha value is -3.58. The number of anilines is 1. The molecule has 0 amide bonds. The van der Waals surface area contributed by atoms with Gasteiger partial charge in [0.1, 0.15) is 23.7 Å². The molecule has 0 radical (unpaired) electrons. The van der Waals surface area contributed by atoms with Crippen LogP contribution in [0.5, 0.6) is 5.75 Å². The summed E-state index contributed by atoms with van der Waals surface area (Å²) in [7, 11) is 0. The number of rotatable bonds is 3. The standard InChI is InChI=1S/C25H19FN4OS/c1-32-25-28-24-27-21-17-12-6-8-14-19(17)31-23(15-9-3-2-4-10-15)20(21)22(30(24)29-25)16-11-5-7-13-18(16)26/h2-14,22-23H,1H3,(H,27,28,29)/t22-,23+/m1/s1. The molecule has 2 atom stereocenters. The third kappa shape index (κ3) is 2.92. The first kappa shape index (κ1) is 19.1. The van der Waals surface area contributed by atoms with Crippen LogP contribution in [0.3, 0.4) is 0 Å². The van der Waals surface area contributed by atoms with E-state index in [0.29, 0.717) is 16.7 Å². The quantitative estimate of drug-likeness (QED) is 0.413. The van der Waals surface area contributed by atoms with E-state index < -0.39 is 12.1 Å². The van der Waals surface area contributed by atoms with Gasteiger partial charge in [-0.05, 0) is 30.0 Å². The Bertz CT molecular complexity index is 1350. The molecule has 0 unspecified atom stereocenters. The third-order valence-electron chi connectivity index (χ3n) is 5.84. The van der Waals surface area contributed by atoms with Crippen LogP contribution in [0.1, 0.15) is 28.8 Å². The van der Waals surface area contributed by atoms with E-state index in [1.807, 2.05) is 73.0 Å². The van der Waals surface area contributed by atoms with Gasteiger partial charge in [0.25, 0.3) is 0 Å². The molecule has 3 heterocycles. The topological polar surface area (TPSA) is 52.0 Å². The molecule has 3 aromatic carbocycles. The van der Waals surface area contributed by atoms with Crippen molar-refractivity contribution in [3.63, 3.8) is 0 Å². The molecular weight excluding hydrogens is 423 g/mol. The minimum atomic E-state index is -0.505. The second-order valence-electron chi connectivity index (χ2n) is 7.65. The van der Waals surface area contributed by atoms with Crippen LogP contribution in [0, 0.1) is 5.82 Å². The van der Waals surface area contributed by atoms with Gasteiger partial charge in [-0.1, -0.05) is 72.4 Å². The van der Waals surface area contributed by atoms with Gasteiger partial charge in [0, 0.05) is 16.7 Å². The fourth-order valence-electron chi connectivity index (χ4n) is 4.44. The second kappa shape index (κ2) is 7.53. The molecular formula is C25H19FN4OS. The van der Waals surface area contributed by atoms with Crippen molar-refractivity contribution in [1.29, 1.82) is 0 Å². The van der Waals surface area contributed by atoms with Crippen LogP contribution in [0.2, 0.25) is 0 Å². The zero-order valence-corrected chi connectivity index (χ0v) is 18.0. The smallest absolute Gasteiger partial charge is 0.227 e. The van der Waals surface area contributed by atoms with Crippen molar-refractivity contribution in [2.24, 2.45) is 0 Å². The van der Waals surface area contributed by atoms with Gasteiger partial charge in [0.2, 0.25) is 11.1 Å². The zero-order chi connectivity index (χ0) is 21.7. The Morgan fingerprint density at radius 3 is 2.53 bits per heavy atom. The molecule has 7 heteroatoms. The maximum absolute atomic E-state index is 15.2. The predicted octanol–water partition coefficient (Wildman–Crippen LogP) is 5.70. The van der Waals surface area contributed by atoms with Gasteiger partial charge in [0.15, 0.2) is 0 Å². The third-order valence-corrected chi connectivity index (χ3v) is 6.38. The lowest BCUT2D eigenvalue weighted by atomic mass is 9.84. The van der Waals surface area contributed by atoms with Crippen LogP contribution in [0.15, 0.2) is 89.6 Å². The molecule has 6 rings (SSSR count). The Morgan fingerprint density at radius 2 is 1.72 bits per heavy atom. The molecule has 0 saturated carbocycles. The molecule has 0 spiro atoms. The van der Waals surface area contributed by atoms with Gasteiger partial charge in [0.05, 0.1) is 5.70 Å². The number of aromatic nitrogens is 3. The van der Waals surface area contributed by atoms with Crippen LogP contribution >= 0.6 is 11.8 Å². The van der Waals surface area contributed by atoms with Crippen molar-refractivity contribution in [1.82, 2.24) is 14.8 Å². The van der Waals surface area contributed by atoms with Crippen molar-refractivity contribution < 1.29 is 9.13 Å². The summed E-state index contributed by atoms with van der Waals surface area (Å²) < 4.78 is 23.5. The molecule has 4 aromatic rings. The maximum atomic E-state index is 15.2. The second-order valence-corrected chi connectivity index (χ2v) is 8.42. The number of nitrogens with one attached hydrogen (secondary N) is 1. The normalized spacial score (nSPS) is 18.8. The van der Waals surface area contributed by atoms with Crippen molar-refractivity contribution in [2.75, 3.05) is 11.6 Å². The average molecular weight is 443 g/mol. The Morgan fingerprint density at radius 1 is 0.969 bits per heavy atom. The Kier molecular flexibility index (Phi) is 4.50. The molecule has 0 bridgehead atoms. The molecule has 5 nitrogen and oxygen atoms in total. The summed E-state index contributed by atoms with van der Waals surface area (Å²) in [5.41, 5.74) is 4.25. The number of ether oxygens (including phenoxy) is 1. The van der Waals surface area contributed by atoms with E-state index in [4.69, 9.17) is 9.84 Å². The van der Waals surface area contributed by atoms with E-state index in [0.717, 1.165) is 28.1 Å². The predicted molar refractivity (Wildman–Crippen MR) is 123 cm³/mol. The molecule has 2 aliphatic heterocycles. The van der Waals surface area contributed by atoms with Gasteiger partial charge in [-0.2, -0.15) is 4.98 Å². The summed E-state index contributed by atoms with van der Waals surface area (Å²) in [6, 6.07) is 24.3. The van der Waals surface area contributed by atoms with Crippen LogP contribution in [0.25, 0.3) is 5.70 Å². The summed E-state index contributed by atoms with van der Waals surface area (Å²) >= 11 is 1.45. The molecule has 158 valence electrons. The van der Waals surface area contributed by atoms with E-state index >= 15 is 4.39 Å². The summed E-state index contributed by atoms with van der Waals surface area (Å²) in [5, 5.41) is 8.80. The molecule has 1 aromatic heterocycles. The fourth-order valence-corrected chi connectivity index (χ4v) is 4.79. The van der Waals surface area contributed by atoms with E-state index in [9.17, 15) is 0 Å². The number of nitrogens with zero attached hydrogens (tertiary/aromatic N) is 3. The lowest BCUT2D eigenvalue weighted by Gasteiger charge is -2.38. The summed E-state index contributed by atoms with van der Waals surface area (Å²) in [5.74, 6) is 1.08.